The van der Waals surface area contributed by atoms with Crippen molar-refractivity contribution in [1.82, 2.24) is 78.7 Å². The van der Waals surface area contributed by atoms with Gasteiger partial charge in [-0.15, -0.1) is 20.4 Å². The molecule has 12 heterocycles. The fraction of sp³-hybridized carbons (Fsp3) is 0.241. The van der Waals surface area contributed by atoms with Gasteiger partial charge in [0.25, 0.3) is 23.6 Å². The number of rotatable bonds is 17. The van der Waals surface area contributed by atoms with E-state index >= 15 is 0 Å². The number of aromatic nitrogens is 12. The first-order valence-electron chi connectivity index (χ1n) is 34.5. The molecule has 0 atom stereocenters. The third-order valence-electron chi connectivity index (χ3n) is 17.5. The second-order valence-electron chi connectivity index (χ2n) is 25.3. The molecule has 4 aliphatic heterocycles. The molecular weight excluding hydrogens is 1330 g/mol. The molecule has 0 fully saturated rings. The molecule has 534 valence electrons. The molecule has 0 saturated heterocycles. The number of carbonyl (C=O) groups is 4. The molecule has 0 saturated carbocycles. The van der Waals surface area contributed by atoms with Crippen LogP contribution in [0.15, 0.2) is 225 Å². The van der Waals surface area contributed by atoms with Gasteiger partial charge in [0.2, 0.25) is 23.5 Å². The number of carbonyl (C=O) groups excluding carboxylic acids is 4. The SMILES string of the molecule is CN(C)c1cccc(C(=O)N2CCn3nc(OCc4ccccc4)cc3C2)n1.Cc1cccc(C(=O)N2CCn3nc(OCc4ccccc4)cc3C2)n1.O=C(c1ccccn1)N1CCn2nc(OCc3ccccc3)cc2C1.O=C(c1ncccc1F)N1CCn2nc(OCc3ccccc3)cc2C1. The van der Waals surface area contributed by atoms with Crippen molar-refractivity contribution in [3.05, 3.63) is 304 Å². The number of ether oxygens (including phenoxy) is 4. The highest BCUT2D eigenvalue weighted by molar-refractivity contribution is 5.94. The summed E-state index contributed by atoms with van der Waals surface area (Å²) >= 11 is 0. The maximum absolute atomic E-state index is 13.8. The normalized spacial score (nSPS) is 13.3. The van der Waals surface area contributed by atoms with Gasteiger partial charge in [-0.05, 0) is 77.7 Å². The summed E-state index contributed by atoms with van der Waals surface area (Å²) in [6.45, 7) is 10.4. The topological polar surface area (TPSA) is 244 Å². The number of hydrogen-bond donors (Lipinski definition) is 0. The van der Waals surface area contributed by atoms with E-state index in [0.29, 0.717) is 146 Å². The zero-order valence-electron chi connectivity index (χ0n) is 58.4. The minimum atomic E-state index is -0.608. The number of benzene rings is 4. The van der Waals surface area contributed by atoms with Gasteiger partial charge in [0.15, 0.2) is 11.5 Å². The average Bonchev–Trinajstić information content (AvgIpc) is 1.76. The third kappa shape index (κ3) is 18.4. The van der Waals surface area contributed by atoms with Gasteiger partial charge in [-0.2, -0.15) is 0 Å². The van der Waals surface area contributed by atoms with Gasteiger partial charge in [-0.1, -0.05) is 140 Å². The Morgan fingerprint density at radius 3 is 1.08 bits per heavy atom. The molecule has 26 heteroatoms. The Balaban J connectivity index is 0.000000124. The highest BCUT2D eigenvalue weighted by Crippen LogP contribution is 2.26. The Kier molecular flexibility index (Phi) is 22.7. The molecule has 0 bridgehead atoms. The van der Waals surface area contributed by atoms with Gasteiger partial charge in [-0.25, -0.2) is 19.3 Å². The van der Waals surface area contributed by atoms with Crippen molar-refractivity contribution in [2.75, 3.05) is 45.2 Å². The lowest BCUT2D eigenvalue weighted by atomic mass is 10.2. The molecule has 0 N–H and O–H groups in total. The fourth-order valence-electron chi connectivity index (χ4n) is 12.0. The molecular formula is C79H78FN17O8. The van der Waals surface area contributed by atoms with Crippen LogP contribution >= 0.6 is 0 Å². The molecule has 4 aliphatic rings. The van der Waals surface area contributed by atoms with E-state index in [1.54, 1.807) is 50.1 Å². The molecule has 8 aromatic heterocycles. The maximum Gasteiger partial charge on any atom is 0.275 e. The monoisotopic (exact) mass is 1410 g/mol. The number of nitrogens with zero attached hydrogens (tertiary/aromatic N) is 17. The van der Waals surface area contributed by atoms with Crippen LogP contribution in [0.2, 0.25) is 0 Å². The Labute approximate surface area is 606 Å². The molecule has 16 rings (SSSR count). The van der Waals surface area contributed by atoms with Gasteiger partial charge >= 0.3 is 0 Å². The van der Waals surface area contributed by atoms with Crippen molar-refractivity contribution in [3.63, 3.8) is 0 Å². The Hall–Kier alpha value is -12.9. The first-order chi connectivity index (χ1) is 51.3. The van der Waals surface area contributed by atoms with Crippen molar-refractivity contribution >= 4 is 29.4 Å². The second-order valence-corrected chi connectivity index (χ2v) is 25.3. The Morgan fingerprint density at radius 2 is 0.714 bits per heavy atom. The van der Waals surface area contributed by atoms with Gasteiger partial charge in [0.05, 0.1) is 75.1 Å². The van der Waals surface area contributed by atoms with Gasteiger partial charge in [0.1, 0.15) is 49.3 Å². The zero-order chi connectivity index (χ0) is 72.4. The Bertz CT molecular complexity index is 4900. The predicted octanol–water partition coefficient (Wildman–Crippen LogP) is 10.6. The van der Waals surface area contributed by atoms with E-state index in [4.69, 9.17) is 18.9 Å². The molecule has 12 aromatic rings. The van der Waals surface area contributed by atoms with Crippen LogP contribution in [-0.2, 0) is 78.8 Å². The lowest BCUT2D eigenvalue weighted by Crippen LogP contribution is -2.39. The van der Waals surface area contributed by atoms with Crippen molar-refractivity contribution in [1.29, 1.82) is 0 Å². The summed E-state index contributed by atoms with van der Waals surface area (Å²) in [6, 6.07) is 66.4. The first kappa shape index (κ1) is 70.6. The minimum Gasteiger partial charge on any atom is -0.472 e. The van der Waals surface area contributed by atoms with Gasteiger partial charge in [-0.3, -0.25) is 42.9 Å². The largest absolute Gasteiger partial charge is 0.472 e. The molecule has 0 unspecified atom stereocenters. The van der Waals surface area contributed by atoms with E-state index in [-0.39, 0.29) is 23.4 Å². The van der Waals surface area contributed by atoms with Crippen molar-refractivity contribution in [3.8, 4) is 23.5 Å². The summed E-state index contributed by atoms with van der Waals surface area (Å²) in [4.78, 5) is 76.3. The van der Waals surface area contributed by atoms with Crippen LogP contribution in [0.4, 0.5) is 10.2 Å². The van der Waals surface area contributed by atoms with Crippen LogP contribution in [0.25, 0.3) is 0 Å². The third-order valence-corrected chi connectivity index (χ3v) is 17.5. The zero-order valence-corrected chi connectivity index (χ0v) is 58.4. The molecule has 0 radical (unpaired) electrons. The van der Waals surface area contributed by atoms with Crippen LogP contribution < -0.4 is 23.8 Å². The number of fused-ring (bicyclic) bond motifs is 4. The number of anilines is 1. The van der Waals surface area contributed by atoms with Gasteiger partial charge < -0.3 is 43.4 Å². The molecule has 0 aliphatic carbocycles. The number of aryl methyl sites for hydroxylation is 1. The van der Waals surface area contributed by atoms with E-state index in [0.717, 1.165) is 56.5 Å². The van der Waals surface area contributed by atoms with Crippen LogP contribution in [0.5, 0.6) is 23.5 Å². The molecule has 25 nitrogen and oxygen atoms in total. The smallest absolute Gasteiger partial charge is 0.275 e. The number of pyridine rings is 4. The molecule has 4 amide bonds. The number of amides is 4. The molecule has 105 heavy (non-hydrogen) atoms. The summed E-state index contributed by atoms with van der Waals surface area (Å²) in [7, 11) is 3.82. The summed E-state index contributed by atoms with van der Waals surface area (Å²) in [5.41, 5.74) is 10.2. The van der Waals surface area contributed by atoms with E-state index in [1.807, 2.05) is 221 Å². The number of hydrogen-bond acceptors (Lipinski definition) is 17. The van der Waals surface area contributed by atoms with Crippen molar-refractivity contribution < 1.29 is 42.5 Å². The standard InChI is InChI=1S/C21H23N5O2.C20H20N4O2.C19H17FN4O2.C19H18N4O2/c1-24(2)19-10-6-9-18(22-19)21(27)25-11-12-26-17(14-25)13-20(23-26)28-15-16-7-4-3-5-8-16;1-15-6-5-9-18(21-15)20(25)23-10-11-24-17(13-23)12-19(22-24)26-14-16-7-3-2-4-8-16;20-16-7-4-8-21-18(16)19(25)23-9-10-24-15(12-23)11-17(22-24)26-13-14-5-2-1-3-6-14;24-19(17-8-4-5-9-20-17)22-10-11-23-16(13-22)12-18(21-23)25-14-15-6-2-1-3-7-15/h3-10,13H,11-12,14-15H2,1-2H3;2-9,12H,10-11,13-14H2,1H3;1-8,11H,9-10,12-13H2;1-9,12H,10-11,13-14H2. The highest BCUT2D eigenvalue weighted by atomic mass is 19.1. The van der Waals surface area contributed by atoms with Crippen LogP contribution in [-0.4, -0.2) is 143 Å². The molecule has 4 aromatic carbocycles. The quantitative estimate of drug-likeness (QED) is 0.0822. The van der Waals surface area contributed by atoms with E-state index in [1.165, 1.54) is 18.3 Å². The Morgan fingerprint density at radius 1 is 0.371 bits per heavy atom. The van der Waals surface area contributed by atoms with E-state index < -0.39 is 11.7 Å². The number of halogens is 1. The van der Waals surface area contributed by atoms with Crippen molar-refractivity contribution in [2.45, 2.75) is 85.7 Å². The molecule has 0 spiro atoms. The van der Waals surface area contributed by atoms with Crippen molar-refractivity contribution in [2.24, 2.45) is 0 Å². The summed E-state index contributed by atoms with van der Waals surface area (Å²) < 4.78 is 44.5. The first-order valence-corrected chi connectivity index (χ1v) is 34.5. The summed E-state index contributed by atoms with van der Waals surface area (Å²) in [5, 5.41) is 17.9. The lowest BCUT2D eigenvalue weighted by Gasteiger charge is -2.27. The second kappa shape index (κ2) is 33.7. The minimum absolute atomic E-state index is 0.0482. The van der Waals surface area contributed by atoms with E-state index in [9.17, 15) is 23.6 Å². The summed E-state index contributed by atoms with van der Waals surface area (Å²) in [5.74, 6) is 1.85. The summed E-state index contributed by atoms with van der Waals surface area (Å²) in [6.07, 6.45) is 3.05. The predicted molar refractivity (Wildman–Crippen MR) is 387 cm³/mol. The van der Waals surface area contributed by atoms with Crippen LogP contribution in [0, 0.1) is 12.7 Å². The highest BCUT2D eigenvalue weighted by Gasteiger charge is 2.30. The maximum atomic E-state index is 13.8. The fourth-order valence-corrected chi connectivity index (χ4v) is 12.0. The van der Waals surface area contributed by atoms with Crippen LogP contribution in [0.1, 0.15) is 92.7 Å². The van der Waals surface area contributed by atoms with Crippen LogP contribution in [0.3, 0.4) is 0 Å². The average molecular weight is 1410 g/mol. The lowest BCUT2D eigenvalue weighted by molar-refractivity contribution is 0.0688. The van der Waals surface area contributed by atoms with E-state index in [2.05, 4.69) is 40.3 Å². The van der Waals surface area contributed by atoms with Gasteiger partial charge in [0, 0.05) is 82.6 Å².